The van der Waals surface area contributed by atoms with Crippen LogP contribution in [0.4, 0.5) is 10.2 Å². The highest BCUT2D eigenvalue weighted by Gasteiger charge is 2.37. The molecule has 24 heavy (non-hydrogen) atoms. The second kappa shape index (κ2) is 5.11. The number of hydrogen-bond donors (Lipinski definition) is 2. The molecule has 0 radical (unpaired) electrons. The first-order chi connectivity index (χ1) is 11.3. The quantitative estimate of drug-likeness (QED) is 0.442. The number of benzene rings is 1. The third-order valence-electron chi connectivity index (χ3n) is 4.32. The summed E-state index contributed by atoms with van der Waals surface area (Å²) >= 11 is 7.71. The van der Waals surface area contributed by atoms with Gasteiger partial charge in [-0.1, -0.05) is 0 Å². The molecule has 3 heterocycles. The first-order valence-electron chi connectivity index (χ1n) is 7.25. The van der Waals surface area contributed by atoms with Crippen molar-refractivity contribution in [1.29, 1.82) is 0 Å². The van der Waals surface area contributed by atoms with Crippen LogP contribution in [0.1, 0.15) is 11.1 Å². The van der Waals surface area contributed by atoms with Crippen molar-refractivity contribution in [1.82, 2.24) is 18.8 Å². The fourth-order valence-electron chi connectivity index (χ4n) is 3.15. The van der Waals surface area contributed by atoms with Crippen LogP contribution in [0.3, 0.4) is 0 Å². The van der Waals surface area contributed by atoms with Crippen molar-refractivity contribution in [3.8, 4) is 11.3 Å². The second-order valence-electron chi connectivity index (χ2n) is 6.13. The minimum atomic E-state index is -0.663. The van der Waals surface area contributed by atoms with E-state index in [1.807, 2.05) is 26.1 Å². The first kappa shape index (κ1) is 15.7. The number of hydrogen-bond acceptors (Lipinski definition) is 4. The molecule has 8 heteroatoms. The average Bonchev–Trinajstić information content (AvgIpc) is 2.52. The number of thiol groups is 1. The van der Waals surface area contributed by atoms with Crippen LogP contribution in [-0.2, 0) is 6.54 Å². The molecule has 1 unspecified atom stereocenters. The Bertz CT molecular complexity index is 1080. The van der Waals surface area contributed by atoms with Gasteiger partial charge in [-0.05, 0) is 45.9 Å². The fourth-order valence-corrected chi connectivity index (χ4v) is 3.71. The Labute approximate surface area is 150 Å². The van der Waals surface area contributed by atoms with Gasteiger partial charge in [0.2, 0.25) is 0 Å². The minimum Gasteiger partial charge on any atom is -0.328 e. The van der Waals surface area contributed by atoms with Crippen molar-refractivity contribution in [2.45, 2.75) is 13.5 Å². The van der Waals surface area contributed by atoms with E-state index in [2.05, 4.69) is 43.7 Å². The van der Waals surface area contributed by atoms with Crippen LogP contribution in [0.2, 0.25) is 0 Å². The Kier molecular flexibility index (Phi) is 3.35. The highest BCUT2D eigenvalue weighted by molar-refractivity contribution is 9.10. The van der Waals surface area contributed by atoms with E-state index in [9.17, 15) is 9.18 Å². The molecule has 1 aromatic carbocycles. The molecule has 0 saturated heterocycles. The van der Waals surface area contributed by atoms with Crippen molar-refractivity contribution in [2.24, 2.45) is 0 Å². The van der Waals surface area contributed by atoms with Gasteiger partial charge in [0.15, 0.2) is 10.3 Å². The molecule has 2 aromatic heterocycles. The third kappa shape index (κ3) is 2.21. The van der Waals surface area contributed by atoms with Crippen LogP contribution >= 0.6 is 28.7 Å². The number of pyridine rings is 1. The van der Waals surface area contributed by atoms with Gasteiger partial charge >= 0.3 is 0 Å². The third-order valence-corrected chi connectivity index (χ3v) is 5.15. The van der Waals surface area contributed by atoms with Crippen LogP contribution in [0, 0.1) is 12.9 Å². The van der Waals surface area contributed by atoms with Crippen molar-refractivity contribution in [3.63, 3.8) is 0 Å². The molecule has 1 N–H and O–H groups in total. The largest absolute Gasteiger partial charge is 0.328 e. The zero-order chi connectivity index (χ0) is 17.2. The van der Waals surface area contributed by atoms with Gasteiger partial charge in [-0.25, -0.2) is 8.87 Å². The Hall–Kier alpha value is -1.77. The van der Waals surface area contributed by atoms with Crippen molar-refractivity contribution in [3.05, 3.63) is 50.4 Å². The number of H-pyrrole nitrogens is 1. The van der Waals surface area contributed by atoms with E-state index in [0.29, 0.717) is 23.4 Å². The number of aromatic nitrogens is 3. The maximum absolute atomic E-state index is 13.9. The smallest absolute Gasteiger partial charge is 0.268 e. The number of halogens is 2. The number of nitrogens with one attached hydrogen (secondary N) is 1. The lowest BCUT2D eigenvalue weighted by atomic mass is 9.95. The zero-order valence-electron chi connectivity index (χ0n) is 12.9. The van der Waals surface area contributed by atoms with E-state index in [-0.39, 0.29) is 14.1 Å². The average molecular weight is 408 g/mol. The van der Waals surface area contributed by atoms with E-state index in [4.69, 9.17) is 0 Å². The maximum atomic E-state index is 13.9. The summed E-state index contributed by atoms with van der Waals surface area (Å²) in [4.78, 5) is 23.3. The Morgan fingerprint density at radius 3 is 2.83 bits per heavy atom. The molecule has 1 atom stereocenters. The number of fused-ring (bicyclic) bond motifs is 4. The summed E-state index contributed by atoms with van der Waals surface area (Å²) in [5.74, 6) is -0.211. The summed E-state index contributed by atoms with van der Waals surface area (Å²) in [6, 6.07) is 3.80. The predicted molar refractivity (Wildman–Crippen MR) is 98.4 cm³/mol. The van der Waals surface area contributed by atoms with E-state index in [0.717, 1.165) is 22.1 Å². The molecule has 0 spiro atoms. The lowest BCUT2D eigenvalue weighted by molar-refractivity contribution is 0.498. The lowest BCUT2D eigenvalue weighted by Crippen LogP contribution is -2.38. The molecule has 5 nitrogen and oxygen atoms in total. The Morgan fingerprint density at radius 2 is 2.08 bits per heavy atom. The summed E-state index contributed by atoms with van der Waals surface area (Å²) in [6.07, 6.45) is 1.69. The van der Waals surface area contributed by atoms with Crippen LogP contribution in [0.5, 0.6) is 0 Å². The number of rotatable bonds is 0. The number of quaternary nitrogens is 1. The second-order valence-corrected chi connectivity index (χ2v) is 7.76. The summed E-state index contributed by atoms with van der Waals surface area (Å²) < 4.78 is 14.0. The Balaban J connectivity index is 2.13. The highest BCUT2D eigenvalue weighted by atomic mass is 79.9. The van der Waals surface area contributed by atoms with Crippen molar-refractivity contribution < 1.29 is 4.39 Å². The zero-order valence-corrected chi connectivity index (χ0v) is 15.4. The van der Waals surface area contributed by atoms with Gasteiger partial charge < -0.3 is 4.98 Å². The molecule has 4 rings (SSSR count). The molecular formula is C16H13BrFN4OS+. The summed E-state index contributed by atoms with van der Waals surface area (Å²) in [6.45, 7) is 2.41. The van der Waals surface area contributed by atoms with Crippen LogP contribution < -0.4 is 9.45 Å². The lowest BCUT2D eigenvalue weighted by Gasteiger charge is -2.31. The van der Waals surface area contributed by atoms with E-state index >= 15 is 0 Å². The topological polar surface area (TPSA) is 58.6 Å². The molecule has 0 aliphatic carbocycles. The number of nitrogens with zero attached hydrogens (tertiary/aromatic N) is 3. The molecule has 0 amide bonds. The molecule has 0 bridgehead atoms. The maximum Gasteiger partial charge on any atom is 0.268 e. The molecule has 1 aliphatic heterocycles. The highest BCUT2D eigenvalue weighted by Crippen LogP contribution is 2.43. The van der Waals surface area contributed by atoms with E-state index in [1.165, 1.54) is 0 Å². The van der Waals surface area contributed by atoms with Gasteiger partial charge in [0.05, 0.1) is 19.9 Å². The van der Waals surface area contributed by atoms with Gasteiger partial charge in [0.1, 0.15) is 6.54 Å². The predicted octanol–water partition coefficient (Wildman–Crippen LogP) is 3.49. The molecule has 3 aromatic rings. The van der Waals surface area contributed by atoms with E-state index < -0.39 is 5.95 Å². The minimum absolute atomic E-state index is 0.0603. The Morgan fingerprint density at radius 1 is 1.33 bits per heavy atom. The van der Waals surface area contributed by atoms with Gasteiger partial charge in [0.25, 0.3) is 17.3 Å². The number of aryl methyl sites for hydroxylation is 1. The van der Waals surface area contributed by atoms with Crippen LogP contribution in [0.15, 0.2) is 27.7 Å². The van der Waals surface area contributed by atoms with Crippen molar-refractivity contribution in [2.75, 3.05) is 7.05 Å². The molecule has 122 valence electrons. The first-order valence-corrected chi connectivity index (χ1v) is 8.44. The fraction of sp³-hybridized carbons (Fsp3) is 0.188. The standard InChI is InChI=1S/C16H12BrFN4OS/c1-7-5-19-16(23)11-3-8-6-22(2,24)15-12(10(8)4-9(7)11)20-13(17)14(18)21-15/h3-5,24H,6H2,1-2H3/p+1. The molecule has 0 saturated carbocycles. The molecule has 1 aliphatic rings. The van der Waals surface area contributed by atoms with E-state index in [1.54, 1.807) is 6.20 Å². The molecule has 0 fully saturated rings. The van der Waals surface area contributed by atoms with Crippen molar-refractivity contribution >= 4 is 45.3 Å². The van der Waals surface area contributed by atoms with Gasteiger partial charge in [0, 0.05) is 22.7 Å². The SMILES string of the molecule is Cc1c[nH]c(=O)c2cc3c(cc12)-c1nc(Br)c(F)nc1[N+](C)(S)C3. The number of aromatic amines is 1. The monoisotopic (exact) mass is 407 g/mol. The summed E-state index contributed by atoms with van der Waals surface area (Å²) in [5, 5.41) is 1.47. The normalized spacial score (nSPS) is 19.2. The summed E-state index contributed by atoms with van der Waals surface area (Å²) in [7, 11) is 1.82. The van der Waals surface area contributed by atoms with Gasteiger partial charge in [-0.15, -0.1) is 0 Å². The van der Waals surface area contributed by atoms with Crippen LogP contribution in [-0.4, -0.2) is 22.0 Å². The summed E-state index contributed by atoms with van der Waals surface area (Å²) in [5.41, 5.74) is 3.17. The van der Waals surface area contributed by atoms with Crippen LogP contribution in [0.25, 0.3) is 22.0 Å². The van der Waals surface area contributed by atoms with Gasteiger partial charge in [-0.2, -0.15) is 9.37 Å². The molecular weight excluding hydrogens is 395 g/mol. The van der Waals surface area contributed by atoms with Gasteiger partial charge in [-0.3, -0.25) is 4.79 Å².